The standard InChI is InChI=1S/C15H22N2O3/c1-20-11-15(6-8-16-9-7-15)14(19)17-13-4-2-12(10-18)3-5-13/h2-5,16,18H,6-11H2,1H3,(H,17,19). The average Bonchev–Trinajstić information content (AvgIpc) is 2.49. The van der Waals surface area contributed by atoms with E-state index in [0.717, 1.165) is 37.2 Å². The molecule has 3 N–H and O–H groups in total. The van der Waals surface area contributed by atoms with Gasteiger partial charge in [-0.25, -0.2) is 0 Å². The summed E-state index contributed by atoms with van der Waals surface area (Å²) in [5.41, 5.74) is 1.13. The van der Waals surface area contributed by atoms with Crippen molar-refractivity contribution in [1.82, 2.24) is 5.32 Å². The van der Waals surface area contributed by atoms with Crippen LogP contribution in [0.5, 0.6) is 0 Å². The normalized spacial score (nSPS) is 17.7. The molecule has 0 atom stereocenters. The first-order chi connectivity index (χ1) is 9.70. The van der Waals surface area contributed by atoms with Gasteiger partial charge in [0, 0.05) is 12.8 Å². The highest BCUT2D eigenvalue weighted by molar-refractivity contribution is 5.95. The number of methoxy groups -OCH3 is 1. The molecule has 1 aliphatic heterocycles. The van der Waals surface area contributed by atoms with E-state index < -0.39 is 5.41 Å². The average molecular weight is 278 g/mol. The van der Waals surface area contributed by atoms with Gasteiger partial charge in [-0.1, -0.05) is 12.1 Å². The Bertz CT molecular complexity index is 433. The van der Waals surface area contributed by atoms with Gasteiger partial charge in [-0.05, 0) is 43.6 Å². The molecule has 0 aliphatic carbocycles. The van der Waals surface area contributed by atoms with Gasteiger partial charge in [0.05, 0.1) is 18.6 Å². The van der Waals surface area contributed by atoms with Crippen LogP contribution in [0.4, 0.5) is 5.69 Å². The highest BCUT2D eigenvalue weighted by Gasteiger charge is 2.39. The van der Waals surface area contributed by atoms with Gasteiger partial charge in [0.1, 0.15) is 0 Å². The Morgan fingerprint density at radius 2 is 2.00 bits per heavy atom. The fraction of sp³-hybridized carbons (Fsp3) is 0.533. The molecule has 0 unspecified atom stereocenters. The topological polar surface area (TPSA) is 70.6 Å². The van der Waals surface area contributed by atoms with Crippen molar-refractivity contribution in [1.29, 1.82) is 0 Å². The molecule has 110 valence electrons. The number of carbonyl (C=O) groups excluding carboxylic acids is 1. The molecular weight excluding hydrogens is 256 g/mol. The van der Waals surface area contributed by atoms with E-state index in [4.69, 9.17) is 9.84 Å². The van der Waals surface area contributed by atoms with Crippen LogP contribution in [-0.4, -0.2) is 37.8 Å². The Morgan fingerprint density at radius 1 is 1.35 bits per heavy atom. The number of ether oxygens (including phenoxy) is 1. The minimum Gasteiger partial charge on any atom is -0.392 e. The van der Waals surface area contributed by atoms with Crippen molar-refractivity contribution in [2.24, 2.45) is 5.41 Å². The summed E-state index contributed by atoms with van der Waals surface area (Å²) in [5, 5.41) is 15.2. The Morgan fingerprint density at radius 3 is 2.55 bits per heavy atom. The number of hydrogen-bond donors (Lipinski definition) is 3. The van der Waals surface area contributed by atoms with Gasteiger partial charge in [-0.2, -0.15) is 0 Å². The summed E-state index contributed by atoms with van der Waals surface area (Å²) >= 11 is 0. The van der Waals surface area contributed by atoms with E-state index in [-0.39, 0.29) is 12.5 Å². The third-order valence-corrected chi connectivity index (χ3v) is 3.86. The lowest BCUT2D eigenvalue weighted by atomic mass is 9.78. The minimum absolute atomic E-state index is 0.00745. The summed E-state index contributed by atoms with van der Waals surface area (Å²) in [7, 11) is 1.63. The first-order valence-corrected chi connectivity index (χ1v) is 6.91. The first-order valence-electron chi connectivity index (χ1n) is 6.91. The molecule has 0 bridgehead atoms. The second kappa shape index (κ2) is 6.83. The van der Waals surface area contributed by atoms with Crippen molar-refractivity contribution >= 4 is 11.6 Å². The zero-order valence-corrected chi connectivity index (χ0v) is 11.8. The maximum absolute atomic E-state index is 12.6. The van der Waals surface area contributed by atoms with E-state index in [0.29, 0.717) is 6.61 Å². The Labute approximate surface area is 119 Å². The Balaban J connectivity index is 2.07. The highest BCUT2D eigenvalue weighted by Crippen LogP contribution is 2.30. The fourth-order valence-electron chi connectivity index (χ4n) is 2.58. The van der Waals surface area contributed by atoms with Crippen molar-refractivity contribution in [3.05, 3.63) is 29.8 Å². The molecule has 5 nitrogen and oxygen atoms in total. The van der Waals surface area contributed by atoms with Crippen LogP contribution in [0, 0.1) is 5.41 Å². The number of aliphatic hydroxyl groups is 1. The summed E-state index contributed by atoms with van der Waals surface area (Å²) in [6.45, 7) is 2.11. The van der Waals surface area contributed by atoms with Gasteiger partial charge in [0.15, 0.2) is 0 Å². The minimum atomic E-state index is -0.449. The van der Waals surface area contributed by atoms with Crippen LogP contribution < -0.4 is 10.6 Å². The van der Waals surface area contributed by atoms with Crippen LogP contribution >= 0.6 is 0 Å². The molecule has 20 heavy (non-hydrogen) atoms. The molecule has 0 spiro atoms. The van der Waals surface area contributed by atoms with Gasteiger partial charge >= 0.3 is 0 Å². The first kappa shape index (κ1) is 15.0. The predicted molar refractivity (Wildman–Crippen MR) is 77.4 cm³/mol. The van der Waals surface area contributed by atoms with Crippen molar-refractivity contribution in [3.63, 3.8) is 0 Å². The fourth-order valence-corrected chi connectivity index (χ4v) is 2.58. The van der Waals surface area contributed by atoms with E-state index in [1.165, 1.54) is 0 Å². The highest BCUT2D eigenvalue weighted by atomic mass is 16.5. The Kier molecular flexibility index (Phi) is 5.11. The smallest absolute Gasteiger partial charge is 0.233 e. The number of nitrogens with one attached hydrogen (secondary N) is 2. The molecule has 1 aliphatic rings. The van der Waals surface area contributed by atoms with Crippen LogP contribution in [0.1, 0.15) is 18.4 Å². The predicted octanol–water partition coefficient (Wildman–Crippen LogP) is 1.13. The zero-order valence-electron chi connectivity index (χ0n) is 11.8. The molecule has 1 saturated heterocycles. The lowest BCUT2D eigenvalue weighted by Crippen LogP contribution is -2.47. The number of aliphatic hydroxyl groups excluding tert-OH is 1. The van der Waals surface area contributed by atoms with E-state index in [9.17, 15) is 4.79 Å². The van der Waals surface area contributed by atoms with Gasteiger partial charge < -0.3 is 20.5 Å². The third-order valence-electron chi connectivity index (χ3n) is 3.86. The lowest BCUT2D eigenvalue weighted by Gasteiger charge is -2.35. The van der Waals surface area contributed by atoms with Gasteiger partial charge in [-0.3, -0.25) is 4.79 Å². The summed E-state index contributed by atoms with van der Waals surface area (Å²) in [6.07, 6.45) is 1.56. The van der Waals surface area contributed by atoms with Crippen molar-refractivity contribution in [2.45, 2.75) is 19.4 Å². The van der Waals surface area contributed by atoms with Crippen molar-refractivity contribution < 1.29 is 14.6 Å². The molecule has 1 heterocycles. The second-order valence-corrected chi connectivity index (χ2v) is 5.27. The number of piperidine rings is 1. The van der Waals surface area contributed by atoms with Gasteiger partial charge in [0.2, 0.25) is 5.91 Å². The summed E-state index contributed by atoms with van der Waals surface area (Å²) in [4.78, 5) is 12.6. The summed E-state index contributed by atoms with van der Waals surface area (Å²) in [6, 6.07) is 7.23. The molecule has 1 aromatic rings. The number of amides is 1. The zero-order chi connectivity index (χ0) is 14.4. The SMILES string of the molecule is COCC1(C(=O)Nc2ccc(CO)cc2)CCNCC1. The number of hydrogen-bond acceptors (Lipinski definition) is 4. The quantitative estimate of drug-likeness (QED) is 0.755. The van der Waals surface area contributed by atoms with Crippen molar-refractivity contribution in [3.8, 4) is 0 Å². The van der Waals surface area contributed by atoms with Crippen LogP contribution in [0.25, 0.3) is 0 Å². The van der Waals surface area contributed by atoms with E-state index in [2.05, 4.69) is 10.6 Å². The number of carbonyl (C=O) groups is 1. The molecule has 0 aromatic heterocycles. The maximum atomic E-state index is 12.6. The molecule has 5 heteroatoms. The molecule has 1 aromatic carbocycles. The monoisotopic (exact) mass is 278 g/mol. The van der Waals surface area contributed by atoms with Crippen molar-refractivity contribution in [2.75, 3.05) is 32.1 Å². The number of anilines is 1. The molecular formula is C15H22N2O3. The summed E-state index contributed by atoms with van der Waals surface area (Å²) < 4.78 is 5.26. The Hall–Kier alpha value is -1.43. The second-order valence-electron chi connectivity index (χ2n) is 5.27. The van der Waals surface area contributed by atoms with Crippen LogP contribution in [0.2, 0.25) is 0 Å². The van der Waals surface area contributed by atoms with Crippen LogP contribution in [0.3, 0.4) is 0 Å². The number of benzene rings is 1. The maximum Gasteiger partial charge on any atom is 0.233 e. The van der Waals surface area contributed by atoms with Gasteiger partial charge in [0.25, 0.3) is 0 Å². The molecule has 1 fully saturated rings. The largest absolute Gasteiger partial charge is 0.392 e. The van der Waals surface area contributed by atoms with E-state index in [1.807, 2.05) is 12.1 Å². The molecule has 0 saturated carbocycles. The molecule has 1 amide bonds. The van der Waals surface area contributed by atoms with Crippen LogP contribution in [0.15, 0.2) is 24.3 Å². The van der Waals surface area contributed by atoms with Gasteiger partial charge in [-0.15, -0.1) is 0 Å². The lowest BCUT2D eigenvalue weighted by molar-refractivity contribution is -0.130. The van der Waals surface area contributed by atoms with E-state index >= 15 is 0 Å². The third kappa shape index (κ3) is 3.36. The van der Waals surface area contributed by atoms with Crippen LogP contribution in [-0.2, 0) is 16.1 Å². The van der Waals surface area contributed by atoms with E-state index in [1.54, 1.807) is 19.2 Å². The number of rotatable bonds is 5. The summed E-state index contributed by atoms with van der Waals surface area (Å²) in [5.74, 6) is 0.0117. The molecule has 0 radical (unpaired) electrons. The molecule has 2 rings (SSSR count).